The molecule has 0 unspecified atom stereocenters. The molecule has 0 spiro atoms. The van der Waals surface area contributed by atoms with E-state index in [2.05, 4.69) is 10.3 Å². The summed E-state index contributed by atoms with van der Waals surface area (Å²) in [6, 6.07) is 8.69. The Hall–Kier alpha value is -2.63. The lowest BCUT2D eigenvalue weighted by molar-refractivity contribution is 0.0805. The third kappa shape index (κ3) is 4.18. The van der Waals surface area contributed by atoms with Crippen LogP contribution in [0.3, 0.4) is 0 Å². The van der Waals surface area contributed by atoms with Gasteiger partial charge in [0.2, 0.25) is 0 Å². The van der Waals surface area contributed by atoms with Gasteiger partial charge in [-0.05, 0) is 11.5 Å². The van der Waals surface area contributed by atoms with Gasteiger partial charge in [0.1, 0.15) is 19.0 Å². The van der Waals surface area contributed by atoms with Gasteiger partial charge >= 0.3 is 6.09 Å². The van der Waals surface area contributed by atoms with Gasteiger partial charge in [-0.3, -0.25) is 9.36 Å². The molecule has 0 saturated carbocycles. The van der Waals surface area contributed by atoms with E-state index >= 15 is 0 Å². The van der Waals surface area contributed by atoms with Gasteiger partial charge in [-0.15, -0.1) is 0 Å². The van der Waals surface area contributed by atoms with Crippen LogP contribution in [0.25, 0.3) is 0 Å². The first-order chi connectivity index (χ1) is 10.6. The molecule has 0 bridgehead atoms. The highest BCUT2D eigenvalue weighted by molar-refractivity contribution is 5.87. The molecule has 0 radical (unpaired) electrons. The molecule has 1 amide bonds. The summed E-state index contributed by atoms with van der Waals surface area (Å²) < 4.78 is 6.50. The quantitative estimate of drug-likeness (QED) is 0.920. The number of imidazole rings is 1. The zero-order valence-electron chi connectivity index (χ0n) is 12.6. The lowest BCUT2D eigenvalue weighted by Gasteiger charge is -2.20. The number of amides is 1. The standard InChI is InChI=1S/C16H19N3O3/c1-12(2)14(15(20)19-9-8-17-11-19)18-16(21)22-10-13-6-4-3-5-7-13/h3-9,11-12,14H,10H2,1-2H3,(H,18,21)/t14-/m1/s1. The Morgan fingerprint density at radius 3 is 2.59 bits per heavy atom. The summed E-state index contributed by atoms with van der Waals surface area (Å²) in [5, 5.41) is 2.62. The zero-order chi connectivity index (χ0) is 15.9. The van der Waals surface area contributed by atoms with Crippen LogP contribution in [-0.4, -0.2) is 27.6 Å². The van der Waals surface area contributed by atoms with E-state index in [0.717, 1.165) is 5.56 Å². The number of carbonyl (C=O) groups is 2. The molecule has 0 saturated heterocycles. The van der Waals surface area contributed by atoms with E-state index < -0.39 is 12.1 Å². The Morgan fingerprint density at radius 1 is 1.27 bits per heavy atom. The number of nitrogens with zero attached hydrogens (tertiary/aromatic N) is 2. The molecular formula is C16H19N3O3. The molecule has 2 aromatic rings. The van der Waals surface area contributed by atoms with Crippen molar-refractivity contribution in [2.75, 3.05) is 0 Å². The molecule has 1 aromatic heterocycles. The summed E-state index contributed by atoms with van der Waals surface area (Å²) >= 11 is 0. The van der Waals surface area contributed by atoms with Crippen LogP contribution in [0.2, 0.25) is 0 Å². The van der Waals surface area contributed by atoms with Crippen molar-refractivity contribution in [1.29, 1.82) is 0 Å². The average molecular weight is 301 g/mol. The topological polar surface area (TPSA) is 73.2 Å². The van der Waals surface area contributed by atoms with Crippen molar-refractivity contribution in [3.05, 3.63) is 54.6 Å². The second kappa shape index (κ2) is 7.40. The Kier molecular flexibility index (Phi) is 5.30. The first-order valence-corrected chi connectivity index (χ1v) is 7.07. The van der Waals surface area contributed by atoms with Crippen LogP contribution >= 0.6 is 0 Å². The van der Waals surface area contributed by atoms with E-state index in [0.29, 0.717) is 0 Å². The Bertz CT molecular complexity index is 609. The summed E-state index contributed by atoms with van der Waals surface area (Å²) in [6.07, 6.45) is 3.86. The molecule has 22 heavy (non-hydrogen) atoms. The van der Waals surface area contributed by atoms with Crippen molar-refractivity contribution < 1.29 is 14.3 Å². The fourth-order valence-electron chi connectivity index (χ4n) is 1.96. The molecule has 1 heterocycles. The highest BCUT2D eigenvalue weighted by atomic mass is 16.5. The van der Waals surface area contributed by atoms with Crippen molar-refractivity contribution in [2.45, 2.75) is 26.5 Å². The van der Waals surface area contributed by atoms with Gasteiger partial charge in [-0.25, -0.2) is 9.78 Å². The van der Waals surface area contributed by atoms with Crippen LogP contribution in [0.5, 0.6) is 0 Å². The van der Waals surface area contributed by atoms with E-state index in [9.17, 15) is 9.59 Å². The summed E-state index contributed by atoms with van der Waals surface area (Å²) in [4.78, 5) is 28.0. The van der Waals surface area contributed by atoms with Gasteiger partial charge in [-0.2, -0.15) is 0 Å². The molecule has 116 valence electrons. The maximum Gasteiger partial charge on any atom is 0.408 e. The fourth-order valence-corrected chi connectivity index (χ4v) is 1.96. The van der Waals surface area contributed by atoms with E-state index in [1.165, 1.54) is 17.1 Å². The van der Waals surface area contributed by atoms with Crippen molar-refractivity contribution in [3.8, 4) is 0 Å². The van der Waals surface area contributed by atoms with Crippen molar-refractivity contribution in [2.24, 2.45) is 5.92 Å². The lowest BCUT2D eigenvalue weighted by Crippen LogP contribution is -2.46. The minimum Gasteiger partial charge on any atom is -0.445 e. The third-order valence-electron chi connectivity index (χ3n) is 3.18. The van der Waals surface area contributed by atoms with Crippen LogP contribution in [-0.2, 0) is 11.3 Å². The number of carbonyl (C=O) groups excluding carboxylic acids is 2. The first-order valence-electron chi connectivity index (χ1n) is 7.07. The van der Waals surface area contributed by atoms with Crippen LogP contribution < -0.4 is 5.32 Å². The molecule has 6 heteroatoms. The van der Waals surface area contributed by atoms with Crippen molar-refractivity contribution in [3.63, 3.8) is 0 Å². The Balaban J connectivity index is 1.93. The van der Waals surface area contributed by atoms with Crippen molar-refractivity contribution in [1.82, 2.24) is 14.9 Å². The van der Waals surface area contributed by atoms with Gasteiger partial charge in [-0.1, -0.05) is 44.2 Å². The molecule has 1 aromatic carbocycles. The number of ether oxygens (including phenoxy) is 1. The van der Waals surface area contributed by atoms with E-state index in [1.807, 2.05) is 44.2 Å². The number of nitrogens with one attached hydrogen (secondary N) is 1. The second-order valence-corrected chi connectivity index (χ2v) is 5.24. The van der Waals surface area contributed by atoms with E-state index in [4.69, 9.17) is 4.74 Å². The highest BCUT2D eigenvalue weighted by Crippen LogP contribution is 2.07. The van der Waals surface area contributed by atoms with Crippen LogP contribution in [0.15, 0.2) is 49.1 Å². The Labute approximate surface area is 129 Å². The lowest BCUT2D eigenvalue weighted by atomic mass is 10.0. The minimum absolute atomic E-state index is 0.0702. The van der Waals surface area contributed by atoms with Gasteiger partial charge in [0.15, 0.2) is 0 Å². The number of benzene rings is 1. The van der Waals surface area contributed by atoms with E-state index in [1.54, 1.807) is 6.20 Å². The minimum atomic E-state index is -0.669. The average Bonchev–Trinajstić information content (AvgIpc) is 3.05. The predicted molar refractivity (Wildman–Crippen MR) is 81.2 cm³/mol. The number of alkyl carbamates (subject to hydrolysis) is 1. The second-order valence-electron chi connectivity index (χ2n) is 5.24. The van der Waals surface area contributed by atoms with E-state index in [-0.39, 0.29) is 18.4 Å². The SMILES string of the molecule is CC(C)[C@@H](NC(=O)OCc1ccccc1)C(=O)n1ccnc1. The number of hydrogen-bond acceptors (Lipinski definition) is 4. The summed E-state index contributed by atoms with van der Waals surface area (Å²) in [5.41, 5.74) is 0.889. The van der Waals surface area contributed by atoms with Gasteiger partial charge in [0, 0.05) is 12.4 Å². The number of aromatic nitrogens is 2. The van der Waals surface area contributed by atoms with Crippen molar-refractivity contribution >= 4 is 12.0 Å². The smallest absolute Gasteiger partial charge is 0.408 e. The normalized spacial score (nSPS) is 12.0. The number of hydrogen-bond donors (Lipinski definition) is 1. The maximum atomic E-state index is 12.3. The van der Waals surface area contributed by atoms with Crippen LogP contribution in [0.1, 0.15) is 24.2 Å². The molecular weight excluding hydrogens is 282 g/mol. The molecule has 6 nitrogen and oxygen atoms in total. The van der Waals surface area contributed by atoms with Gasteiger partial charge in [0.25, 0.3) is 5.91 Å². The zero-order valence-corrected chi connectivity index (χ0v) is 12.6. The van der Waals surface area contributed by atoms with Gasteiger partial charge < -0.3 is 10.1 Å². The summed E-state index contributed by atoms with van der Waals surface area (Å²) in [5.74, 6) is -0.316. The van der Waals surface area contributed by atoms with Crippen LogP contribution in [0.4, 0.5) is 4.79 Å². The predicted octanol–water partition coefficient (Wildman–Crippen LogP) is 2.47. The monoisotopic (exact) mass is 301 g/mol. The summed E-state index contributed by atoms with van der Waals surface area (Å²) in [7, 11) is 0. The molecule has 0 aliphatic carbocycles. The van der Waals surface area contributed by atoms with Gasteiger partial charge in [0.05, 0.1) is 0 Å². The molecule has 1 atom stereocenters. The molecule has 0 aliphatic heterocycles. The first kappa shape index (κ1) is 15.8. The summed E-state index contributed by atoms with van der Waals surface area (Å²) in [6.45, 7) is 3.88. The molecule has 2 rings (SSSR count). The maximum absolute atomic E-state index is 12.3. The van der Waals surface area contributed by atoms with Crippen LogP contribution in [0, 0.1) is 5.92 Å². The molecule has 0 fully saturated rings. The molecule has 0 aliphatic rings. The third-order valence-corrected chi connectivity index (χ3v) is 3.18. The Morgan fingerprint density at radius 2 is 2.00 bits per heavy atom. The highest BCUT2D eigenvalue weighted by Gasteiger charge is 2.25. The fraction of sp³-hybridized carbons (Fsp3) is 0.312. The number of rotatable bonds is 5. The molecule has 1 N–H and O–H groups in total. The largest absolute Gasteiger partial charge is 0.445 e.